The van der Waals surface area contributed by atoms with Crippen molar-refractivity contribution in [1.82, 2.24) is 9.47 Å². The predicted octanol–water partition coefficient (Wildman–Crippen LogP) is 4.21. The molecule has 9 nitrogen and oxygen atoms in total. The summed E-state index contributed by atoms with van der Waals surface area (Å²) < 4.78 is 67.1. The molecule has 2 aromatic carbocycles. The third-order valence-corrected chi connectivity index (χ3v) is 7.11. The van der Waals surface area contributed by atoms with E-state index in [1.807, 2.05) is 4.90 Å². The van der Waals surface area contributed by atoms with E-state index in [2.05, 4.69) is 22.5 Å². The van der Waals surface area contributed by atoms with Crippen LogP contribution in [0.15, 0.2) is 42.5 Å². The van der Waals surface area contributed by atoms with Gasteiger partial charge in [-0.3, -0.25) is 4.90 Å². The number of hydrogen-bond acceptors (Lipinski definition) is 7. The van der Waals surface area contributed by atoms with Crippen LogP contribution in [0.1, 0.15) is 22.5 Å². The number of alkyl halides is 4. The lowest BCUT2D eigenvalue weighted by atomic mass is 10.0. The molecule has 1 saturated heterocycles. The Hall–Kier alpha value is -3.99. The van der Waals surface area contributed by atoms with Crippen molar-refractivity contribution in [2.24, 2.45) is 0 Å². The van der Waals surface area contributed by atoms with Crippen molar-refractivity contribution in [2.75, 3.05) is 57.6 Å². The monoisotopic (exact) mass is 606 g/mol. The molecule has 2 heterocycles. The van der Waals surface area contributed by atoms with E-state index in [-0.39, 0.29) is 43.2 Å². The molecule has 0 amide bonds. The molecular weight excluding hydrogens is 572 g/mol. The highest BCUT2D eigenvalue weighted by atomic mass is 19.4. The molecular formula is C30H34F4N4O5. The second-order valence-electron chi connectivity index (χ2n) is 10.3. The van der Waals surface area contributed by atoms with Crippen LogP contribution in [0, 0.1) is 11.8 Å². The largest absolute Gasteiger partial charge is 0.495 e. The van der Waals surface area contributed by atoms with Crippen LogP contribution in [0.2, 0.25) is 0 Å². The second-order valence-corrected chi connectivity index (χ2v) is 10.3. The van der Waals surface area contributed by atoms with Crippen molar-refractivity contribution in [1.29, 1.82) is 0 Å². The van der Waals surface area contributed by atoms with Crippen LogP contribution in [0.25, 0.3) is 10.9 Å². The van der Waals surface area contributed by atoms with E-state index in [0.29, 0.717) is 35.2 Å². The molecule has 0 bridgehead atoms. The number of nitrogens with one attached hydrogen (secondary N) is 2. The lowest BCUT2D eigenvalue weighted by Gasteiger charge is -2.36. The molecule has 4 rings (SSSR count). The number of fused-ring (bicyclic) bond motifs is 1. The van der Waals surface area contributed by atoms with Crippen LogP contribution in [0.4, 0.5) is 28.9 Å². The number of ether oxygens (including phenoxy) is 2. The molecule has 1 aromatic heterocycles. The molecule has 0 spiro atoms. The van der Waals surface area contributed by atoms with Gasteiger partial charge < -0.3 is 34.9 Å². The SMILES string of the molecule is COCC(O)CN1CC[C@H](Nc2cccc3c2cc(C#CCNc2ccc(C(=O)O)cc2OC)n3CC(F)(F)F)[C@H](F)C1. The van der Waals surface area contributed by atoms with Gasteiger partial charge in [0.15, 0.2) is 0 Å². The summed E-state index contributed by atoms with van der Waals surface area (Å²) in [5.41, 5.74) is 1.46. The number of anilines is 2. The summed E-state index contributed by atoms with van der Waals surface area (Å²) >= 11 is 0. The van der Waals surface area contributed by atoms with Crippen LogP contribution in [0.3, 0.4) is 0 Å². The van der Waals surface area contributed by atoms with Gasteiger partial charge in [-0.2, -0.15) is 13.2 Å². The number of aromatic nitrogens is 1. The number of halogens is 4. The molecule has 0 radical (unpaired) electrons. The maximum absolute atomic E-state index is 15.1. The number of aliphatic hydroxyl groups is 1. The summed E-state index contributed by atoms with van der Waals surface area (Å²) in [4.78, 5) is 13.0. The Bertz CT molecular complexity index is 1480. The van der Waals surface area contributed by atoms with Gasteiger partial charge in [0.25, 0.3) is 0 Å². The van der Waals surface area contributed by atoms with E-state index in [1.54, 1.807) is 24.3 Å². The summed E-state index contributed by atoms with van der Waals surface area (Å²) in [6, 6.07) is 10.2. The van der Waals surface area contributed by atoms with Crippen molar-refractivity contribution < 1.29 is 42.0 Å². The van der Waals surface area contributed by atoms with Crippen LogP contribution < -0.4 is 15.4 Å². The fourth-order valence-electron chi connectivity index (χ4n) is 5.15. The van der Waals surface area contributed by atoms with Crippen molar-refractivity contribution in [3.05, 3.63) is 53.7 Å². The van der Waals surface area contributed by atoms with E-state index in [1.165, 1.54) is 32.4 Å². The third kappa shape index (κ3) is 8.31. The zero-order valence-electron chi connectivity index (χ0n) is 23.7. The van der Waals surface area contributed by atoms with Crippen molar-refractivity contribution in [3.8, 4) is 17.6 Å². The standard InChI is InChI=1S/C30H34F4N4O5/c1-42-17-21(39)15-37-12-10-25(23(31)16-37)36-24-6-3-7-27-22(24)14-20(38(27)18-30(32,33)34)5-4-11-35-26-9-8-19(29(40)41)13-28(26)43-2/h3,6-9,13-14,21,23,25,35-36,39H,10-12,15-18H2,1-2H3,(H,40,41)/t21?,23-,25+/m1/s1. The number of carbonyl (C=O) groups is 1. The number of carboxylic acid groups (broad SMARTS) is 1. The van der Waals surface area contributed by atoms with Crippen molar-refractivity contribution in [3.63, 3.8) is 0 Å². The summed E-state index contributed by atoms with van der Waals surface area (Å²) in [6.45, 7) is -0.123. The average Bonchev–Trinajstić information content (AvgIpc) is 3.29. The Morgan fingerprint density at radius 3 is 2.65 bits per heavy atom. The smallest absolute Gasteiger partial charge is 0.406 e. The molecule has 0 aliphatic carbocycles. The number of rotatable bonds is 11. The molecule has 1 unspecified atom stereocenters. The Labute approximate surface area is 246 Å². The Morgan fingerprint density at radius 1 is 1.19 bits per heavy atom. The van der Waals surface area contributed by atoms with E-state index in [9.17, 15) is 23.1 Å². The van der Waals surface area contributed by atoms with Crippen LogP contribution >= 0.6 is 0 Å². The minimum atomic E-state index is -4.51. The first-order valence-corrected chi connectivity index (χ1v) is 13.6. The number of benzene rings is 2. The Kier molecular flexibility index (Phi) is 10.4. The maximum atomic E-state index is 15.1. The molecule has 1 fully saturated rings. The maximum Gasteiger partial charge on any atom is 0.406 e. The van der Waals surface area contributed by atoms with Crippen LogP contribution in [-0.2, 0) is 11.3 Å². The predicted molar refractivity (Wildman–Crippen MR) is 155 cm³/mol. The number of hydrogen-bond donors (Lipinski definition) is 4. The second kappa shape index (κ2) is 14.0. The molecule has 1 aliphatic heterocycles. The molecule has 1 aliphatic rings. The zero-order valence-corrected chi connectivity index (χ0v) is 23.7. The van der Waals surface area contributed by atoms with Gasteiger partial charge in [0.05, 0.1) is 54.9 Å². The topological polar surface area (TPSA) is 108 Å². The van der Waals surface area contributed by atoms with Crippen LogP contribution in [0.5, 0.6) is 5.75 Å². The van der Waals surface area contributed by atoms with Crippen LogP contribution in [-0.4, -0.2) is 97.1 Å². The van der Waals surface area contributed by atoms with E-state index in [0.717, 1.165) is 4.57 Å². The lowest BCUT2D eigenvalue weighted by molar-refractivity contribution is -0.140. The molecule has 0 saturated carbocycles. The van der Waals surface area contributed by atoms with E-state index < -0.39 is 37.0 Å². The van der Waals surface area contributed by atoms with Gasteiger partial charge in [-0.05, 0) is 48.7 Å². The average molecular weight is 607 g/mol. The van der Waals surface area contributed by atoms with Gasteiger partial charge >= 0.3 is 12.1 Å². The van der Waals surface area contributed by atoms with E-state index >= 15 is 4.39 Å². The lowest BCUT2D eigenvalue weighted by Crippen LogP contribution is -2.50. The van der Waals surface area contributed by atoms with E-state index in [4.69, 9.17) is 14.6 Å². The fourth-order valence-corrected chi connectivity index (χ4v) is 5.15. The number of piperidine rings is 1. The number of aliphatic hydroxyl groups excluding tert-OH is 1. The molecule has 3 atom stereocenters. The quantitative estimate of drug-likeness (QED) is 0.190. The zero-order chi connectivity index (χ0) is 31.1. The highest BCUT2D eigenvalue weighted by Gasteiger charge is 2.32. The first kappa shape index (κ1) is 31.9. The highest BCUT2D eigenvalue weighted by Crippen LogP contribution is 2.32. The van der Waals surface area contributed by atoms with Gasteiger partial charge in [-0.25, -0.2) is 9.18 Å². The Morgan fingerprint density at radius 2 is 1.98 bits per heavy atom. The first-order chi connectivity index (χ1) is 20.5. The number of likely N-dealkylation sites (tertiary alicyclic amines) is 1. The molecule has 43 heavy (non-hydrogen) atoms. The molecule has 4 N–H and O–H groups in total. The molecule has 13 heteroatoms. The summed E-state index contributed by atoms with van der Waals surface area (Å²) in [7, 11) is 2.87. The van der Waals surface area contributed by atoms with Gasteiger partial charge in [0, 0.05) is 37.8 Å². The van der Waals surface area contributed by atoms with Gasteiger partial charge in [-0.15, -0.1) is 0 Å². The van der Waals surface area contributed by atoms with Gasteiger partial charge in [0.2, 0.25) is 0 Å². The minimum Gasteiger partial charge on any atom is -0.495 e. The number of nitrogens with zero attached hydrogens (tertiary/aromatic N) is 2. The fraction of sp³-hybridized carbons (Fsp3) is 0.433. The summed E-state index contributed by atoms with van der Waals surface area (Å²) in [6.07, 6.45) is -6.05. The molecule has 232 valence electrons. The number of methoxy groups -OCH3 is 2. The highest BCUT2D eigenvalue weighted by molar-refractivity contribution is 5.94. The number of aromatic carboxylic acids is 1. The molecule has 3 aromatic rings. The summed E-state index contributed by atoms with van der Waals surface area (Å²) in [5, 5.41) is 25.8. The van der Waals surface area contributed by atoms with Gasteiger partial charge in [-0.1, -0.05) is 12.0 Å². The third-order valence-electron chi connectivity index (χ3n) is 7.11. The summed E-state index contributed by atoms with van der Waals surface area (Å²) in [5.74, 6) is 4.81. The minimum absolute atomic E-state index is 0.0417. The van der Waals surface area contributed by atoms with Crippen molar-refractivity contribution in [2.45, 2.75) is 37.5 Å². The normalized spacial score (nSPS) is 18.1. The van der Waals surface area contributed by atoms with Gasteiger partial charge in [0.1, 0.15) is 18.5 Å². The number of carboxylic acids is 1. The first-order valence-electron chi connectivity index (χ1n) is 13.6. The van der Waals surface area contributed by atoms with Crippen molar-refractivity contribution >= 4 is 28.2 Å². The number of β-amino-alcohol motifs (C(OH)–C–C–N with tert-alkyl or cyclic N) is 1. The Balaban J connectivity index is 1.53.